The lowest BCUT2D eigenvalue weighted by Crippen LogP contribution is -2.31. The molecule has 1 aliphatic rings. The highest BCUT2D eigenvalue weighted by Crippen LogP contribution is 2.21. The van der Waals surface area contributed by atoms with Crippen LogP contribution in [-0.4, -0.2) is 30.2 Å². The first-order valence-electron chi connectivity index (χ1n) is 6.89. The van der Waals surface area contributed by atoms with E-state index in [-0.39, 0.29) is 18.2 Å². The smallest absolute Gasteiger partial charge is 0.305 e. The summed E-state index contributed by atoms with van der Waals surface area (Å²) in [7, 11) is 0. The summed E-state index contributed by atoms with van der Waals surface area (Å²) in [4.78, 5) is 23.1. The summed E-state index contributed by atoms with van der Waals surface area (Å²) < 4.78 is 6.16. The number of carboxylic acids is 1. The standard InChI is InChI=1S/C15H18BrNO4/c16-12-3-1-11(2-4-12)13(8-15(19)20)17-14(18)7-10-5-6-21-9-10/h1-4,10,13H,5-9H2,(H,17,18)(H,19,20)/t10-,13+/m1/s1. The van der Waals surface area contributed by atoms with Crippen molar-refractivity contribution in [2.75, 3.05) is 13.2 Å². The predicted octanol–water partition coefficient (Wildman–Crippen LogP) is 2.51. The highest BCUT2D eigenvalue weighted by atomic mass is 79.9. The van der Waals surface area contributed by atoms with Gasteiger partial charge in [0.1, 0.15) is 0 Å². The predicted molar refractivity (Wildman–Crippen MR) is 80.8 cm³/mol. The molecule has 114 valence electrons. The summed E-state index contributed by atoms with van der Waals surface area (Å²) >= 11 is 3.34. The number of amides is 1. The second kappa shape index (κ2) is 7.56. The molecule has 2 atom stereocenters. The molecule has 5 nitrogen and oxygen atoms in total. The van der Waals surface area contributed by atoms with Crippen molar-refractivity contribution in [2.45, 2.75) is 25.3 Å². The van der Waals surface area contributed by atoms with Gasteiger partial charge in [0.25, 0.3) is 0 Å². The molecule has 1 fully saturated rings. The van der Waals surface area contributed by atoms with Crippen LogP contribution in [0.5, 0.6) is 0 Å². The summed E-state index contributed by atoms with van der Waals surface area (Å²) in [5.74, 6) is -0.826. The van der Waals surface area contributed by atoms with Crippen LogP contribution in [0.2, 0.25) is 0 Å². The number of benzene rings is 1. The van der Waals surface area contributed by atoms with E-state index >= 15 is 0 Å². The van der Waals surface area contributed by atoms with Gasteiger partial charge in [0.15, 0.2) is 0 Å². The Balaban J connectivity index is 1.99. The average Bonchev–Trinajstić information content (AvgIpc) is 2.91. The van der Waals surface area contributed by atoms with Crippen molar-refractivity contribution in [3.05, 3.63) is 34.3 Å². The fourth-order valence-corrected chi connectivity index (χ4v) is 2.65. The lowest BCUT2D eigenvalue weighted by Gasteiger charge is -2.18. The van der Waals surface area contributed by atoms with Crippen LogP contribution in [0.15, 0.2) is 28.7 Å². The number of halogens is 1. The minimum absolute atomic E-state index is 0.125. The Hall–Kier alpha value is -1.40. The summed E-state index contributed by atoms with van der Waals surface area (Å²) in [5.41, 5.74) is 0.789. The molecule has 1 aromatic rings. The van der Waals surface area contributed by atoms with Gasteiger partial charge >= 0.3 is 5.97 Å². The number of rotatable bonds is 6. The highest BCUT2D eigenvalue weighted by Gasteiger charge is 2.22. The normalized spacial score (nSPS) is 19.2. The third-order valence-electron chi connectivity index (χ3n) is 3.48. The summed E-state index contributed by atoms with van der Waals surface area (Å²) in [5, 5.41) is 11.8. The Labute approximate surface area is 131 Å². The molecule has 1 aromatic carbocycles. The molecule has 1 saturated heterocycles. The van der Waals surface area contributed by atoms with E-state index in [1.165, 1.54) is 0 Å². The summed E-state index contributed by atoms with van der Waals surface area (Å²) in [6.07, 6.45) is 1.14. The zero-order valence-corrected chi connectivity index (χ0v) is 13.1. The van der Waals surface area contributed by atoms with E-state index in [0.717, 1.165) is 16.5 Å². The van der Waals surface area contributed by atoms with Gasteiger partial charge in [-0.1, -0.05) is 28.1 Å². The second-order valence-electron chi connectivity index (χ2n) is 5.20. The Morgan fingerprint density at radius 1 is 1.38 bits per heavy atom. The zero-order chi connectivity index (χ0) is 15.2. The fraction of sp³-hybridized carbons (Fsp3) is 0.467. The molecular weight excluding hydrogens is 338 g/mol. The molecular formula is C15H18BrNO4. The molecule has 21 heavy (non-hydrogen) atoms. The molecule has 0 saturated carbocycles. The van der Waals surface area contributed by atoms with Crippen LogP contribution in [0, 0.1) is 5.92 Å². The molecule has 0 unspecified atom stereocenters. The van der Waals surface area contributed by atoms with Crippen molar-refractivity contribution in [1.82, 2.24) is 5.32 Å². The van der Waals surface area contributed by atoms with Crippen molar-refractivity contribution >= 4 is 27.8 Å². The molecule has 1 amide bonds. The Morgan fingerprint density at radius 2 is 2.10 bits per heavy atom. The first kappa shape index (κ1) is 16.0. The van der Waals surface area contributed by atoms with Gasteiger partial charge in [0, 0.05) is 24.1 Å². The monoisotopic (exact) mass is 355 g/mol. The van der Waals surface area contributed by atoms with E-state index in [4.69, 9.17) is 9.84 Å². The maximum absolute atomic E-state index is 12.1. The SMILES string of the molecule is O=C(O)C[C@H](NC(=O)C[C@H]1CCOC1)c1ccc(Br)cc1. The number of carbonyl (C=O) groups is 2. The van der Waals surface area contributed by atoms with Gasteiger partial charge in [-0.2, -0.15) is 0 Å². The Bertz CT molecular complexity index is 497. The van der Waals surface area contributed by atoms with Crippen LogP contribution in [-0.2, 0) is 14.3 Å². The van der Waals surface area contributed by atoms with Crippen LogP contribution < -0.4 is 5.32 Å². The van der Waals surface area contributed by atoms with Crippen LogP contribution in [0.4, 0.5) is 0 Å². The molecule has 2 rings (SSSR count). The highest BCUT2D eigenvalue weighted by molar-refractivity contribution is 9.10. The van der Waals surface area contributed by atoms with Crippen molar-refractivity contribution in [3.8, 4) is 0 Å². The number of carbonyl (C=O) groups excluding carboxylic acids is 1. The van der Waals surface area contributed by atoms with Gasteiger partial charge in [-0.05, 0) is 30.0 Å². The first-order chi connectivity index (χ1) is 10.0. The van der Waals surface area contributed by atoms with Crippen LogP contribution in [0.3, 0.4) is 0 Å². The molecule has 1 aliphatic heterocycles. The Kier molecular flexibility index (Phi) is 5.76. The maximum Gasteiger partial charge on any atom is 0.305 e. The number of hydrogen-bond donors (Lipinski definition) is 2. The third-order valence-corrected chi connectivity index (χ3v) is 4.01. The molecule has 0 radical (unpaired) electrons. The van der Waals surface area contributed by atoms with E-state index in [0.29, 0.717) is 19.6 Å². The van der Waals surface area contributed by atoms with Crippen molar-refractivity contribution in [1.29, 1.82) is 0 Å². The van der Waals surface area contributed by atoms with Gasteiger partial charge in [0.2, 0.25) is 5.91 Å². The van der Waals surface area contributed by atoms with Crippen molar-refractivity contribution in [3.63, 3.8) is 0 Å². The molecule has 0 bridgehead atoms. The first-order valence-corrected chi connectivity index (χ1v) is 7.68. The van der Waals surface area contributed by atoms with Gasteiger partial charge in [-0.3, -0.25) is 9.59 Å². The fourth-order valence-electron chi connectivity index (χ4n) is 2.38. The lowest BCUT2D eigenvalue weighted by molar-refractivity contribution is -0.137. The number of carboxylic acid groups (broad SMARTS) is 1. The summed E-state index contributed by atoms with van der Waals surface area (Å²) in [6.45, 7) is 1.30. The minimum Gasteiger partial charge on any atom is -0.481 e. The number of hydrogen-bond acceptors (Lipinski definition) is 3. The molecule has 1 heterocycles. The van der Waals surface area contributed by atoms with E-state index in [1.807, 2.05) is 24.3 Å². The van der Waals surface area contributed by atoms with Crippen LogP contribution in [0.25, 0.3) is 0 Å². The molecule has 0 spiro atoms. The maximum atomic E-state index is 12.1. The summed E-state index contributed by atoms with van der Waals surface area (Å²) in [6, 6.07) is 6.79. The largest absolute Gasteiger partial charge is 0.481 e. The molecule has 0 aromatic heterocycles. The van der Waals surface area contributed by atoms with Crippen LogP contribution in [0.1, 0.15) is 30.9 Å². The molecule has 0 aliphatic carbocycles. The quantitative estimate of drug-likeness (QED) is 0.821. The second-order valence-corrected chi connectivity index (χ2v) is 6.12. The average molecular weight is 356 g/mol. The topological polar surface area (TPSA) is 75.6 Å². The van der Waals surface area contributed by atoms with Gasteiger partial charge in [0.05, 0.1) is 12.5 Å². The minimum atomic E-state index is -0.938. The number of aliphatic carboxylic acids is 1. The van der Waals surface area contributed by atoms with E-state index in [2.05, 4.69) is 21.2 Å². The molecule has 6 heteroatoms. The third kappa shape index (κ3) is 5.13. The van der Waals surface area contributed by atoms with E-state index in [1.54, 1.807) is 0 Å². The van der Waals surface area contributed by atoms with E-state index in [9.17, 15) is 9.59 Å². The van der Waals surface area contributed by atoms with Gasteiger partial charge < -0.3 is 15.2 Å². The number of nitrogens with one attached hydrogen (secondary N) is 1. The number of ether oxygens (including phenoxy) is 1. The van der Waals surface area contributed by atoms with E-state index < -0.39 is 12.0 Å². The van der Waals surface area contributed by atoms with Crippen molar-refractivity contribution < 1.29 is 19.4 Å². The van der Waals surface area contributed by atoms with Gasteiger partial charge in [-0.15, -0.1) is 0 Å². The Morgan fingerprint density at radius 3 is 2.67 bits per heavy atom. The van der Waals surface area contributed by atoms with Crippen molar-refractivity contribution in [2.24, 2.45) is 5.92 Å². The van der Waals surface area contributed by atoms with Crippen LogP contribution >= 0.6 is 15.9 Å². The lowest BCUT2D eigenvalue weighted by atomic mass is 10.0. The molecule has 2 N–H and O–H groups in total. The zero-order valence-electron chi connectivity index (χ0n) is 11.5. The van der Waals surface area contributed by atoms with Gasteiger partial charge in [-0.25, -0.2) is 0 Å².